The SMILES string of the molecule is CC(C)=CC(=O)NC1CS(=O)(=O)CC1N1CCCCC1. The predicted molar refractivity (Wildman–Crippen MR) is 79.2 cm³/mol. The first-order chi connectivity index (χ1) is 9.37. The number of sulfone groups is 1. The molecular formula is C14H24N2O3S. The van der Waals surface area contributed by atoms with E-state index in [0.29, 0.717) is 0 Å². The minimum atomic E-state index is -3.05. The molecule has 1 N–H and O–H groups in total. The summed E-state index contributed by atoms with van der Waals surface area (Å²) in [4.78, 5) is 14.1. The molecule has 6 heteroatoms. The van der Waals surface area contributed by atoms with Crippen molar-refractivity contribution in [1.29, 1.82) is 0 Å². The zero-order chi connectivity index (χ0) is 14.8. The van der Waals surface area contributed by atoms with Gasteiger partial charge < -0.3 is 5.32 Å². The first-order valence-electron chi connectivity index (χ1n) is 7.27. The van der Waals surface area contributed by atoms with E-state index < -0.39 is 9.84 Å². The molecule has 0 aromatic rings. The summed E-state index contributed by atoms with van der Waals surface area (Å²) in [5.41, 5.74) is 0.915. The van der Waals surface area contributed by atoms with Gasteiger partial charge in [0, 0.05) is 12.1 Å². The van der Waals surface area contributed by atoms with Gasteiger partial charge in [0.1, 0.15) is 0 Å². The molecule has 2 rings (SSSR count). The van der Waals surface area contributed by atoms with Crippen LogP contribution in [0.1, 0.15) is 33.1 Å². The number of nitrogens with zero attached hydrogens (tertiary/aromatic N) is 1. The van der Waals surface area contributed by atoms with Crippen molar-refractivity contribution >= 4 is 15.7 Å². The Morgan fingerprint density at radius 2 is 1.80 bits per heavy atom. The summed E-state index contributed by atoms with van der Waals surface area (Å²) in [5, 5.41) is 2.88. The van der Waals surface area contributed by atoms with E-state index in [0.717, 1.165) is 31.5 Å². The molecule has 2 fully saturated rings. The van der Waals surface area contributed by atoms with Crippen molar-refractivity contribution in [3.05, 3.63) is 11.6 Å². The van der Waals surface area contributed by atoms with Gasteiger partial charge in [0.2, 0.25) is 5.91 Å². The minimum absolute atomic E-state index is 0.0604. The van der Waals surface area contributed by atoms with Crippen LogP contribution in [-0.4, -0.2) is 55.9 Å². The third-order valence-electron chi connectivity index (χ3n) is 3.93. The summed E-state index contributed by atoms with van der Waals surface area (Å²) in [6.07, 6.45) is 4.97. The normalized spacial score (nSPS) is 29.9. The first kappa shape index (κ1) is 15.5. The molecule has 2 saturated heterocycles. The van der Waals surface area contributed by atoms with Gasteiger partial charge in [-0.25, -0.2) is 8.42 Å². The highest BCUT2D eigenvalue weighted by molar-refractivity contribution is 7.91. The standard InChI is InChI=1S/C14H24N2O3S/c1-11(2)8-14(17)15-12-9-20(18,19)10-13(12)16-6-4-3-5-7-16/h8,12-13H,3-7,9-10H2,1-2H3,(H,15,17). The van der Waals surface area contributed by atoms with E-state index in [9.17, 15) is 13.2 Å². The molecule has 2 aliphatic rings. The molecule has 2 unspecified atom stereocenters. The summed E-state index contributed by atoms with van der Waals surface area (Å²) in [6, 6.07) is -0.337. The van der Waals surface area contributed by atoms with Crippen molar-refractivity contribution in [2.24, 2.45) is 0 Å². The highest BCUT2D eigenvalue weighted by Gasteiger charge is 2.41. The lowest BCUT2D eigenvalue weighted by molar-refractivity contribution is -0.117. The van der Waals surface area contributed by atoms with Gasteiger partial charge >= 0.3 is 0 Å². The number of carbonyl (C=O) groups is 1. The number of nitrogens with one attached hydrogen (secondary N) is 1. The van der Waals surface area contributed by atoms with Gasteiger partial charge in [-0.1, -0.05) is 12.0 Å². The zero-order valence-electron chi connectivity index (χ0n) is 12.3. The van der Waals surface area contributed by atoms with Gasteiger partial charge in [0.05, 0.1) is 17.5 Å². The van der Waals surface area contributed by atoms with Crippen molar-refractivity contribution in [3.8, 4) is 0 Å². The Labute approximate surface area is 121 Å². The van der Waals surface area contributed by atoms with E-state index in [2.05, 4.69) is 10.2 Å². The van der Waals surface area contributed by atoms with Crippen molar-refractivity contribution < 1.29 is 13.2 Å². The number of rotatable bonds is 3. The van der Waals surface area contributed by atoms with Gasteiger partial charge in [-0.2, -0.15) is 0 Å². The van der Waals surface area contributed by atoms with Crippen molar-refractivity contribution in [2.75, 3.05) is 24.6 Å². The Morgan fingerprint density at radius 3 is 2.40 bits per heavy atom. The molecule has 2 aliphatic heterocycles. The molecule has 1 amide bonds. The number of hydrogen-bond donors (Lipinski definition) is 1. The van der Waals surface area contributed by atoms with E-state index in [1.54, 1.807) is 0 Å². The second-order valence-corrected chi connectivity index (χ2v) is 8.23. The molecule has 0 spiro atoms. The quantitative estimate of drug-likeness (QED) is 0.780. The summed E-state index contributed by atoms with van der Waals surface area (Å²) in [7, 11) is -3.05. The molecule has 0 saturated carbocycles. The Morgan fingerprint density at radius 1 is 1.15 bits per heavy atom. The summed E-state index contributed by atoms with van der Waals surface area (Å²) in [5.74, 6) is 0.0534. The summed E-state index contributed by atoms with van der Waals surface area (Å²) >= 11 is 0. The molecule has 0 aromatic heterocycles. The third-order valence-corrected chi connectivity index (χ3v) is 5.65. The number of likely N-dealkylation sites (tertiary alicyclic amines) is 1. The minimum Gasteiger partial charge on any atom is -0.347 e. The number of allylic oxidation sites excluding steroid dienone is 1. The molecule has 114 valence electrons. The molecular weight excluding hydrogens is 276 g/mol. The van der Waals surface area contributed by atoms with Crippen molar-refractivity contribution in [3.63, 3.8) is 0 Å². The van der Waals surface area contributed by atoms with Crippen LogP contribution in [0.5, 0.6) is 0 Å². The molecule has 0 bridgehead atoms. The van der Waals surface area contributed by atoms with E-state index in [1.165, 1.54) is 12.5 Å². The number of hydrogen-bond acceptors (Lipinski definition) is 4. The maximum Gasteiger partial charge on any atom is 0.244 e. The Balaban J connectivity index is 2.07. The van der Waals surface area contributed by atoms with Crippen LogP contribution >= 0.6 is 0 Å². The van der Waals surface area contributed by atoms with Crippen LogP contribution in [-0.2, 0) is 14.6 Å². The Bertz CT molecular complexity index is 489. The van der Waals surface area contributed by atoms with Gasteiger partial charge in [-0.05, 0) is 39.8 Å². The van der Waals surface area contributed by atoms with Crippen LogP contribution in [0.3, 0.4) is 0 Å². The maximum atomic E-state index is 11.9. The number of amides is 1. The molecule has 2 heterocycles. The fourth-order valence-corrected chi connectivity index (χ4v) is 5.02. The molecule has 0 aliphatic carbocycles. The zero-order valence-corrected chi connectivity index (χ0v) is 13.1. The van der Waals surface area contributed by atoms with E-state index in [4.69, 9.17) is 0 Å². The monoisotopic (exact) mass is 300 g/mol. The van der Waals surface area contributed by atoms with Crippen LogP contribution in [0, 0.1) is 0 Å². The first-order valence-corrected chi connectivity index (χ1v) is 9.09. The highest BCUT2D eigenvalue weighted by atomic mass is 32.2. The second-order valence-electron chi connectivity index (χ2n) is 6.08. The predicted octanol–water partition coefficient (Wildman–Crippen LogP) is 0.720. The molecule has 2 atom stereocenters. The van der Waals surface area contributed by atoms with Crippen molar-refractivity contribution in [1.82, 2.24) is 10.2 Å². The van der Waals surface area contributed by atoms with E-state index in [-0.39, 0.29) is 29.5 Å². The fraction of sp³-hybridized carbons (Fsp3) is 0.786. The molecule has 0 radical (unpaired) electrons. The lowest BCUT2D eigenvalue weighted by atomic mass is 10.0. The lowest BCUT2D eigenvalue weighted by Gasteiger charge is -2.34. The second kappa shape index (κ2) is 6.26. The van der Waals surface area contributed by atoms with Gasteiger partial charge in [-0.15, -0.1) is 0 Å². The van der Waals surface area contributed by atoms with Crippen LogP contribution in [0.2, 0.25) is 0 Å². The smallest absolute Gasteiger partial charge is 0.244 e. The van der Waals surface area contributed by atoms with Gasteiger partial charge in [0.25, 0.3) is 0 Å². The average Bonchev–Trinajstić information content (AvgIpc) is 2.64. The Kier molecular flexibility index (Phi) is 4.86. The van der Waals surface area contributed by atoms with Gasteiger partial charge in [0.15, 0.2) is 9.84 Å². The molecule has 5 nitrogen and oxygen atoms in total. The summed E-state index contributed by atoms with van der Waals surface area (Å²) in [6.45, 7) is 5.59. The molecule has 20 heavy (non-hydrogen) atoms. The van der Waals surface area contributed by atoms with Crippen LogP contribution in [0.15, 0.2) is 11.6 Å². The summed E-state index contributed by atoms with van der Waals surface area (Å²) < 4.78 is 23.8. The topological polar surface area (TPSA) is 66.5 Å². The van der Waals surface area contributed by atoms with Crippen LogP contribution in [0.25, 0.3) is 0 Å². The van der Waals surface area contributed by atoms with Gasteiger partial charge in [-0.3, -0.25) is 9.69 Å². The van der Waals surface area contributed by atoms with Crippen LogP contribution < -0.4 is 5.32 Å². The number of carbonyl (C=O) groups excluding carboxylic acids is 1. The number of piperidine rings is 1. The highest BCUT2D eigenvalue weighted by Crippen LogP contribution is 2.22. The van der Waals surface area contributed by atoms with E-state index >= 15 is 0 Å². The fourth-order valence-electron chi connectivity index (χ4n) is 3.06. The largest absolute Gasteiger partial charge is 0.347 e. The average molecular weight is 300 g/mol. The lowest BCUT2D eigenvalue weighted by Crippen LogP contribution is -2.52. The van der Waals surface area contributed by atoms with Crippen LogP contribution in [0.4, 0.5) is 0 Å². The maximum absolute atomic E-state index is 11.9. The Hall–Kier alpha value is -0.880. The van der Waals surface area contributed by atoms with E-state index in [1.807, 2.05) is 13.8 Å². The van der Waals surface area contributed by atoms with Crippen molar-refractivity contribution in [2.45, 2.75) is 45.2 Å². The molecule has 0 aromatic carbocycles. The third kappa shape index (κ3) is 4.06.